The molecule has 7 nitrogen and oxygen atoms in total. The first-order chi connectivity index (χ1) is 9.67. The Balaban J connectivity index is 2.50. The van der Waals surface area contributed by atoms with E-state index in [0.717, 1.165) is 12.1 Å². The third-order valence-electron chi connectivity index (χ3n) is 2.49. The number of hydrogen-bond donors (Lipinski definition) is 4. The number of rotatable bonds is 7. The van der Waals surface area contributed by atoms with Gasteiger partial charge in [-0.1, -0.05) is 0 Å². The van der Waals surface area contributed by atoms with Gasteiger partial charge in [0.15, 0.2) is 0 Å². The number of carbonyl (C=O) groups is 1. The van der Waals surface area contributed by atoms with E-state index in [1.54, 1.807) is 24.3 Å². The Morgan fingerprint density at radius 2 is 2.05 bits per heavy atom. The van der Waals surface area contributed by atoms with E-state index in [4.69, 9.17) is 16.3 Å². The van der Waals surface area contributed by atoms with Crippen molar-refractivity contribution in [2.45, 2.75) is 13.3 Å². The molecule has 0 spiro atoms. The molecular formula is C13H21N5O2. The summed E-state index contributed by atoms with van der Waals surface area (Å²) in [5.74, 6) is 5.38. The van der Waals surface area contributed by atoms with Crippen LogP contribution in [0, 0.1) is 0 Å². The van der Waals surface area contributed by atoms with E-state index in [2.05, 4.69) is 15.7 Å². The van der Waals surface area contributed by atoms with Crippen molar-refractivity contribution in [3.63, 3.8) is 0 Å². The lowest BCUT2D eigenvalue weighted by atomic mass is 10.2. The van der Waals surface area contributed by atoms with E-state index < -0.39 is 5.91 Å². The molecule has 1 amide bonds. The van der Waals surface area contributed by atoms with E-state index >= 15 is 0 Å². The van der Waals surface area contributed by atoms with Gasteiger partial charge in [-0.3, -0.25) is 15.2 Å². The average molecular weight is 279 g/mol. The van der Waals surface area contributed by atoms with Crippen LogP contribution in [-0.2, 0) is 4.74 Å². The summed E-state index contributed by atoms with van der Waals surface area (Å²) in [7, 11) is 0. The van der Waals surface area contributed by atoms with Crippen LogP contribution in [0.25, 0.3) is 0 Å². The zero-order valence-electron chi connectivity index (χ0n) is 11.6. The van der Waals surface area contributed by atoms with Gasteiger partial charge in [-0.2, -0.15) is 0 Å². The molecule has 0 radical (unpaired) electrons. The summed E-state index contributed by atoms with van der Waals surface area (Å²) in [6.07, 6.45) is 0.821. The van der Waals surface area contributed by atoms with Crippen molar-refractivity contribution in [2.75, 3.05) is 25.1 Å². The summed E-state index contributed by atoms with van der Waals surface area (Å²) >= 11 is 0. The van der Waals surface area contributed by atoms with Gasteiger partial charge in [-0.05, 0) is 37.6 Å². The number of guanidine groups is 1. The molecule has 0 saturated heterocycles. The average Bonchev–Trinajstić information content (AvgIpc) is 2.46. The first-order valence-corrected chi connectivity index (χ1v) is 6.43. The van der Waals surface area contributed by atoms with E-state index in [9.17, 15) is 4.79 Å². The van der Waals surface area contributed by atoms with Crippen LogP contribution < -0.4 is 22.3 Å². The molecule has 0 unspecified atom stereocenters. The maximum atomic E-state index is 11.0. The Kier molecular flexibility index (Phi) is 7.08. The number of carbonyl (C=O) groups excluding carboxylic acids is 1. The number of ether oxygens (including phenoxy) is 1. The lowest BCUT2D eigenvalue weighted by Gasteiger charge is -2.09. The van der Waals surface area contributed by atoms with Crippen LogP contribution in [-0.4, -0.2) is 31.6 Å². The summed E-state index contributed by atoms with van der Waals surface area (Å²) in [5, 5.41) is 3.01. The van der Waals surface area contributed by atoms with E-state index in [0.29, 0.717) is 31.3 Å². The number of nitrogens with one attached hydrogen (secondary N) is 2. The van der Waals surface area contributed by atoms with Crippen LogP contribution in [0.3, 0.4) is 0 Å². The molecule has 0 aromatic heterocycles. The summed E-state index contributed by atoms with van der Waals surface area (Å²) in [5.41, 5.74) is 8.87. The van der Waals surface area contributed by atoms with Crippen LogP contribution >= 0.6 is 0 Å². The van der Waals surface area contributed by atoms with Crippen LogP contribution in [0.4, 0.5) is 5.69 Å². The van der Waals surface area contributed by atoms with Crippen molar-refractivity contribution in [2.24, 2.45) is 16.6 Å². The molecule has 0 aliphatic rings. The molecule has 1 rings (SSSR count). The van der Waals surface area contributed by atoms with Crippen LogP contribution in [0.15, 0.2) is 29.3 Å². The van der Waals surface area contributed by atoms with Crippen molar-refractivity contribution in [1.29, 1.82) is 0 Å². The number of hydrogen-bond acceptors (Lipinski definition) is 4. The first kappa shape index (κ1) is 15.9. The number of aliphatic imine (C=N–C) groups is 1. The molecule has 1 aromatic carbocycles. The van der Waals surface area contributed by atoms with Gasteiger partial charge in [0.05, 0.1) is 0 Å². The topological polar surface area (TPSA) is 115 Å². The Bertz CT molecular complexity index is 445. The minimum Gasteiger partial charge on any atom is -0.382 e. The number of hydrazine groups is 1. The molecule has 0 saturated carbocycles. The minimum atomic E-state index is -0.460. The van der Waals surface area contributed by atoms with Crippen molar-refractivity contribution < 1.29 is 9.53 Å². The highest BCUT2D eigenvalue weighted by atomic mass is 16.5. The molecular weight excluding hydrogens is 258 g/mol. The second-order valence-corrected chi connectivity index (χ2v) is 3.99. The third-order valence-corrected chi connectivity index (χ3v) is 2.49. The zero-order chi connectivity index (χ0) is 14.8. The monoisotopic (exact) mass is 279 g/mol. The number of primary amides is 1. The van der Waals surface area contributed by atoms with Gasteiger partial charge >= 0.3 is 0 Å². The van der Waals surface area contributed by atoms with Crippen LogP contribution in [0.2, 0.25) is 0 Å². The maximum absolute atomic E-state index is 11.0. The van der Waals surface area contributed by atoms with Crippen molar-refractivity contribution in [1.82, 2.24) is 5.43 Å². The predicted octanol–water partition coefficient (Wildman–Crippen LogP) is 0.443. The minimum absolute atomic E-state index is 0.450. The lowest BCUT2D eigenvalue weighted by Crippen LogP contribution is -2.36. The first-order valence-electron chi connectivity index (χ1n) is 6.43. The van der Waals surface area contributed by atoms with Gasteiger partial charge in [-0.25, -0.2) is 5.84 Å². The molecule has 6 N–H and O–H groups in total. The highest BCUT2D eigenvalue weighted by Gasteiger charge is 2.01. The molecule has 0 heterocycles. The summed E-state index contributed by atoms with van der Waals surface area (Å²) in [6.45, 7) is 3.93. The highest BCUT2D eigenvalue weighted by molar-refractivity contribution is 5.95. The number of anilines is 1. The fourth-order valence-corrected chi connectivity index (χ4v) is 1.48. The molecule has 7 heteroatoms. The summed E-state index contributed by atoms with van der Waals surface area (Å²) in [6, 6.07) is 6.72. The zero-order valence-corrected chi connectivity index (χ0v) is 11.6. The number of nitrogens with zero attached hydrogens (tertiary/aromatic N) is 1. The van der Waals surface area contributed by atoms with E-state index in [1.165, 1.54) is 0 Å². The summed E-state index contributed by atoms with van der Waals surface area (Å²) in [4.78, 5) is 15.2. The molecule has 0 bridgehead atoms. The predicted molar refractivity (Wildman–Crippen MR) is 79.3 cm³/mol. The smallest absolute Gasteiger partial charge is 0.248 e. The Hall–Kier alpha value is -2.12. The number of nitrogens with two attached hydrogens (primary N) is 2. The Morgan fingerprint density at radius 3 is 2.60 bits per heavy atom. The fourth-order valence-electron chi connectivity index (χ4n) is 1.48. The van der Waals surface area contributed by atoms with Crippen molar-refractivity contribution in [3.8, 4) is 0 Å². The number of amides is 1. The second kappa shape index (κ2) is 8.89. The van der Waals surface area contributed by atoms with Gasteiger partial charge in [0.1, 0.15) is 0 Å². The number of benzene rings is 1. The molecule has 110 valence electrons. The SMILES string of the molecule is CCOCCCN=C(NN)Nc1ccc(C(N)=O)cc1. The largest absolute Gasteiger partial charge is 0.382 e. The standard InChI is InChI=1S/C13H21N5O2/c1-2-20-9-3-8-16-13(18-15)17-11-6-4-10(5-7-11)12(14)19/h4-7H,2-3,8-9,15H2,1H3,(H2,14,19)(H2,16,17,18). The van der Waals surface area contributed by atoms with Crippen molar-refractivity contribution in [3.05, 3.63) is 29.8 Å². The molecule has 0 aliphatic carbocycles. The van der Waals surface area contributed by atoms with Gasteiger partial charge in [0.25, 0.3) is 0 Å². The van der Waals surface area contributed by atoms with Crippen LogP contribution in [0.1, 0.15) is 23.7 Å². The van der Waals surface area contributed by atoms with Gasteiger partial charge in [-0.15, -0.1) is 0 Å². The quantitative estimate of drug-likeness (QED) is 0.190. The molecule has 0 aliphatic heterocycles. The second-order valence-electron chi connectivity index (χ2n) is 3.99. The van der Waals surface area contributed by atoms with E-state index in [1.807, 2.05) is 6.92 Å². The molecule has 0 atom stereocenters. The third kappa shape index (κ3) is 5.68. The Labute approximate surface area is 118 Å². The van der Waals surface area contributed by atoms with Crippen molar-refractivity contribution >= 4 is 17.6 Å². The molecule has 20 heavy (non-hydrogen) atoms. The van der Waals surface area contributed by atoms with E-state index in [-0.39, 0.29) is 0 Å². The molecule has 0 fully saturated rings. The lowest BCUT2D eigenvalue weighted by molar-refractivity contribution is 0.100. The Morgan fingerprint density at radius 1 is 1.35 bits per heavy atom. The van der Waals surface area contributed by atoms with Gasteiger partial charge < -0.3 is 15.8 Å². The van der Waals surface area contributed by atoms with Gasteiger partial charge in [0, 0.05) is 31.0 Å². The highest BCUT2D eigenvalue weighted by Crippen LogP contribution is 2.08. The van der Waals surface area contributed by atoms with Crippen LogP contribution in [0.5, 0.6) is 0 Å². The normalized spacial score (nSPS) is 11.2. The maximum Gasteiger partial charge on any atom is 0.248 e. The fraction of sp³-hybridized carbons (Fsp3) is 0.385. The molecule has 1 aromatic rings. The van der Waals surface area contributed by atoms with Gasteiger partial charge in [0.2, 0.25) is 11.9 Å². The summed E-state index contributed by atoms with van der Waals surface area (Å²) < 4.78 is 5.22.